The molecule has 0 heterocycles. The molecule has 0 bridgehead atoms. The Morgan fingerprint density at radius 1 is 0.889 bits per heavy atom. The first kappa shape index (κ1) is 20.9. The molecule has 0 saturated carbocycles. The van der Waals surface area contributed by atoms with E-state index in [-0.39, 0.29) is 21.1 Å². The van der Waals surface area contributed by atoms with Crippen LogP contribution < -0.4 is 4.18 Å². The average Bonchev–Trinajstić information content (AvgIpc) is 2.61. The molecule has 0 atom stereocenters. The number of carbonyl (C=O) groups excluding carboxylic acids is 1. The lowest BCUT2D eigenvalue weighted by molar-refractivity contribution is 0.0499. The maximum atomic E-state index is 12.3. The van der Waals surface area contributed by atoms with Gasteiger partial charge in [-0.05, 0) is 55.0 Å². The molecule has 0 aliphatic carbocycles. The van der Waals surface area contributed by atoms with Gasteiger partial charge in [0.1, 0.15) is 10.6 Å². The fourth-order valence-corrected chi connectivity index (χ4v) is 3.63. The van der Waals surface area contributed by atoms with Crippen molar-refractivity contribution in [2.45, 2.75) is 29.6 Å². The molecule has 2 aromatic rings. The number of unbranched alkanes of at least 4 members (excludes halogenated alkanes) is 1. The average molecular weight is 412 g/mol. The van der Waals surface area contributed by atoms with Crippen LogP contribution in [0.5, 0.6) is 5.75 Å². The fourth-order valence-electron chi connectivity index (χ4n) is 2.07. The Kier molecular flexibility index (Phi) is 6.61. The Bertz CT molecular complexity index is 991. The van der Waals surface area contributed by atoms with Crippen molar-refractivity contribution in [3.8, 4) is 5.75 Å². The number of ether oxygens (including phenoxy) is 1. The van der Waals surface area contributed by atoms with Crippen LogP contribution in [0.15, 0.2) is 58.3 Å². The standard InChI is InChI=1S/C18H20O7S2/c1-3-4-13-24-18(19)14-5-7-15(8-6-14)25-27(22,23)17-11-9-16(10-12-17)26(2,20)21/h5-12H,3-4,13H2,1-2H3. The Morgan fingerprint density at radius 3 is 1.96 bits per heavy atom. The van der Waals surface area contributed by atoms with Crippen molar-refractivity contribution < 1.29 is 30.6 Å². The first-order valence-electron chi connectivity index (χ1n) is 8.15. The van der Waals surface area contributed by atoms with E-state index < -0.39 is 25.9 Å². The second kappa shape index (κ2) is 8.53. The lowest BCUT2D eigenvalue weighted by Crippen LogP contribution is -2.10. The molecule has 0 aromatic heterocycles. The first-order chi connectivity index (χ1) is 12.6. The van der Waals surface area contributed by atoms with Crippen LogP contribution in [0.3, 0.4) is 0 Å². The molecule has 146 valence electrons. The number of carbonyl (C=O) groups is 1. The van der Waals surface area contributed by atoms with E-state index >= 15 is 0 Å². The predicted molar refractivity (Wildman–Crippen MR) is 99.0 cm³/mol. The SMILES string of the molecule is CCCCOC(=O)c1ccc(OS(=O)(=O)c2ccc(S(C)(=O)=O)cc2)cc1. The minimum Gasteiger partial charge on any atom is -0.462 e. The minimum absolute atomic E-state index is 0.00684. The van der Waals surface area contributed by atoms with E-state index in [9.17, 15) is 21.6 Å². The van der Waals surface area contributed by atoms with Crippen molar-refractivity contribution in [1.82, 2.24) is 0 Å². The van der Waals surface area contributed by atoms with Crippen LogP contribution in [-0.2, 0) is 24.7 Å². The maximum Gasteiger partial charge on any atom is 0.339 e. The van der Waals surface area contributed by atoms with Gasteiger partial charge in [0.2, 0.25) is 0 Å². The van der Waals surface area contributed by atoms with Crippen LogP contribution in [0.2, 0.25) is 0 Å². The minimum atomic E-state index is -4.14. The van der Waals surface area contributed by atoms with Gasteiger partial charge in [-0.1, -0.05) is 13.3 Å². The van der Waals surface area contributed by atoms with Crippen LogP contribution in [0, 0.1) is 0 Å². The van der Waals surface area contributed by atoms with E-state index in [2.05, 4.69) is 0 Å². The normalized spacial score (nSPS) is 11.8. The van der Waals surface area contributed by atoms with Crippen LogP contribution in [0.25, 0.3) is 0 Å². The second-order valence-corrected chi connectivity index (χ2v) is 9.36. The van der Waals surface area contributed by atoms with Gasteiger partial charge in [-0.15, -0.1) is 0 Å². The topological polar surface area (TPSA) is 104 Å². The maximum absolute atomic E-state index is 12.3. The van der Waals surface area contributed by atoms with Crippen LogP contribution in [0.1, 0.15) is 30.1 Å². The third kappa shape index (κ3) is 5.80. The van der Waals surface area contributed by atoms with E-state index in [1.807, 2.05) is 6.92 Å². The zero-order chi connectivity index (χ0) is 20.1. The summed E-state index contributed by atoms with van der Waals surface area (Å²) >= 11 is 0. The molecular weight excluding hydrogens is 392 g/mol. The first-order valence-corrected chi connectivity index (χ1v) is 11.5. The molecule has 0 amide bonds. The predicted octanol–water partition coefficient (Wildman–Crippen LogP) is 2.81. The fraction of sp³-hybridized carbons (Fsp3) is 0.278. The molecule has 2 aromatic carbocycles. The molecule has 0 fully saturated rings. The molecule has 0 aliphatic rings. The number of benzene rings is 2. The summed E-state index contributed by atoms with van der Waals surface area (Å²) in [6.45, 7) is 2.31. The molecule has 0 aliphatic heterocycles. The summed E-state index contributed by atoms with van der Waals surface area (Å²) in [4.78, 5) is 11.6. The Hall–Kier alpha value is -2.39. The van der Waals surface area contributed by atoms with Gasteiger partial charge < -0.3 is 8.92 Å². The third-order valence-electron chi connectivity index (χ3n) is 3.57. The number of hydrogen-bond acceptors (Lipinski definition) is 7. The molecule has 0 spiro atoms. The van der Waals surface area contributed by atoms with Gasteiger partial charge in [-0.25, -0.2) is 13.2 Å². The number of rotatable bonds is 8. The van der Waals surface area contributed by atoms with Gasteiger partial charge in [-0.3, -0.25) is 0 Å². The largest absolute Gasteiger partial charge is 0.462 e. The molecular formula is C18H20O7S2. The van der Waals surface area contributed by atoms with Crippen molar-refractivity contribution in [1.29, 1.82) is 0 Å². The highest BCUT2D eigenvalue weighted by molar-refractivity contribution is 7.90. The molecule has 9 heteroatoms. The molecule has 27 heavy (non-hydrogen) atoms. The number of esters is 1. The van der Waals surface area contributed by atoms with E-state index in [0.29, 0.717) is 6.61 Å². The highest BCUT2D eigenvalue weighted by atomic mass is 32.2. The third-order valence-corrected chi connectivity index (χ3v) is 5.96. The summed E-state index contributed by atoms with van der Waals surface area (Å²) in [5.74, 6) is -0.471. The second-order valence-electron chi connectivity index (χ2n) is 5.79. The van der Waals surface area contributed by atoms with Crippen molar-refractivity contribution in [3.63, 3.8) is 0 Å². The van der Waals surface area contributed by atoms with Crippen LogP contribution in [0.4, 0.5) is 0 Å². The molecule has 2 rings (SSSR count). The Labute approximate surface area is 159 Å². The van der Waals surface area contributed by atoms with Crippen molar-refractivity contribution >= 4 is 25.9 Å². The summed E-state index contributed by atoms with van der Waals surface area (Å²) in [6, 6.07) is 10.2. The zero-order valence-corrected chi connectivity index (χ0v) is 16.5. The number of hydrogen-bond donors (Lipinski definition) is 0. The Balaban J connectivity index is 2.10. The quantitative estimate of drug-likeness (QED) is 0.373. The summed E-state index contributed by atoms with van der Waals surface area (Å²) in [6.07, 6.45) is 2.70. The Morgan fingerprint density at radius 2 is 1.44 bits per heavy atom. The molecule has 0 unspecified atom stereocenters. The van der Waals surface area contributed by atoms with Crippen molar-refractivity contribution in [3.05, 3.63) is 54.1 Å². The zero-order valence-electron chi connectivity index (χ0n) is 14.9. The highest BCUT2D eigenvalue weighted by Crippen LogP contribution is 2.21. The summed E-state index contributed by atoms with van der Waals surface area (Å²) in [7, 11) is -7.56. The smallest absolute Gasteiger partial charge is 0.339 e. The molecule has 0 saturated heterocycles. The van der Waals surface area contributed by atoms with Gasteiger partial charge in [0.15, 0.2) is 9.84 Å². The lowest BCUT2D eigenvalue weighted by Gasteiger charge is -2.08. The van der Waals surface area contributed by atoms with E-state index in [4.69, 9.17) is 8.92 Å². The monoisotopic (exact) mass is 412 g/mol. The highest BCUT2D eigenvalue weighted by Gasteiger charge is 2.18. The van der Waals surface area contributed by atoms with Crippen LogP contribution >= 0.6 is 0 Å². The van der Waals surface area contributed by atoms with Crippen molar-refractivity contribution in [2.24, 2.45) is 0 Å². The van der Waals surface area contributed by atoms with Crippen molar-refractivity contribution in [2.75, 3.05) is 12.9 Å². The van der Waals surface area contributed by atoms with Gasteiger partial charge in [-0.2, -0.15) is 8.42 Å². The lowest BCUT2D eigenvalue weighted by atomic mass is 10.2. The van der Waals surface area contributed by atoms with Gasteiger partial charge in [0, 0.05) is 6.26 Å². The summed E-state index contributed by atoms with van der Waals surface area (Å²) < 4.78 is 57.5. The van der Waals surface area contributed by atoms with E-state index in [1.165, 1.54) is 36.4 Å². The van der Waals surface area contributed by atoms with E-state index in [1.54, 1.807) is 0 Å². The summed E-state index contributed by atoms with van der Waals surface area (Å²) in [5, 5.41) is 0. The van der Waals surface area contributed by atoms with E-state index in [0.717, 1.165) is 31.2 Å². The molecule has 0 radical (unpaired) electrons. The van der Waals surface area contributed by atoms with Gasteiger partial charge in [0.05, 0.1) is 17.1 Å². The summed E-state index contributed by atoms with van der Waals surface area (Å²) in [5.41, 5.74) is 0.286. The van der Waals surface area contributed by atoms with Crippen LogP contribution in [-0.4, -0.2) is 35.7 Å². The molecule has 0 N–H and O–H groups in total. The van der Waals surface area contributed by atoms with Gasteiger partial charge >= 0.3 is 16.1 Å². The molecule has 7 nitrogen and oxygen atoms in total. The van der Waals surface area contributed by atoms with Gasteiger partial charge in [0.25, 0.3) is 0 Å². The number of sulfone groups is 1.